The highest BCUT2D eigenvalue weighted by Crippen LogP contribution is 2.25. The molecule has 0 aliphatic heterocycles. The van der Waals surface area contributed by atoms with Gasteiger partial charge in [-0.3, -0.25) is 4.79 Å². The van der Waals surface area contributed by atoms with Crippen LogP contribution in [-0.2, 0) is 0 Å². The van der Waals surface area contributed by atoms with Crippen LogP contribution in [0.4, 0.5) is 10.1 Å². The summed E-state index contributed by atoms with van der Waals surface area (Å²) in [7, 11) is 0. The maximum absolute atomic E-state index is 13.3. The zero-order chi connectivity index (χ0) is 14.4. The highest BCUT2D eigenvalue weighted by Gasteiger charge is 2.17. The summed E-state index contributed by atoms with van der Waals surface area (Å²) in [6.07, 6.45) is 3.41. The van der Waals surface area contributed by atoms with Gasteiger partial charge < -0.3 is 4.90 Å². The quantitative estimate of drug-likeness (QED) is 0.537. The molecular formula is C16H24FNO. The first-order valence-electron chi connectivity index (χ1n) is 7.04. The van der Waals surface area contributed by atoms with Crippen molar-refractivity contribution in [2.24, 2.45) is 0 Å². The summed E-state index contributed by atoms with van der Waals surface area (Å²) >= 11 is 0. The molecule has 1 aromatic carbocycles. The molecule has 0 radical (unpaired) electrons. The van der Waals surface area contributed by atoms with Crippen LogP contribution in [-0.4, -0.2) is 18.4 Å². The van der Waals surface area contributed by atoms with Crippen LogP contribution < -0.4 is 4.90 Å². The summed E-state index contributed by atoms with van der Waals surface area (Å²) in [5.41, 5.74) is 1.32. The molecule has 106 valence electrons. The summed E-state index contributed by atoms with van der Waals surface area (Å²) in [5, 5.41) is 0. The first-order valence-corrected chi connectivity index (χ1v) is 7.04. The number of Topliss-reactive ketones (excluding diaryl/α,β-unsaturated/α-hetero) is 1. The van der Waals surface area contributed by atoms with Gasteiger partial charge in [-0.2, -0.15) is 0 Å². The summed E-state index contributed by atoms with van der Waals surface area (Å²) in [6.45, 7) is 8.75. The summed E-state index contributed by atoms with van der Waals surface area (Å²) in [5.74, 6) is -0.443. The summed E-state index contributed by atoms with van der Waals surface area (Å²) < 4.78 is 13.3. The van der Waals surface area contributed by atoms with Crippen molar-refractivity contribution in [2.75, 3.05) is 11.4 Å². The lowest BCUT2D eigenvalue weighted by Crippen LogP contribution is -2.33. The molecule has 0 atom stereocenters. The second-order valence-electron chi connectivity index (χ2n) is 5.21. The van der Waals surface area contributed by atoms with Crippen LogP contribution in [0.25, 0.3) is 0 Å². The fourth-order valence-electron chi connectivity index (χ4n) is 2.23. The third-order valence-corrected chi connectivity index (χ3v) is 3.27. The van der Waals surface area contributed by atoms with Crippen LogP contribution in [0.3, 0.4) is 0 Å². The van der Waals surface area contributed by atoms with Gasteiger partial charge in [0, 0.05) is 23.8 Å². The molecule has 0 bridgehead atoms. The van der Waals surface area contributed by atoms with E-state index in [1.807, 2.05) is 0 Å². The number of carbonyl (C=O) groups is 1. The highest BCUT2D eigenvalue weighted by atomic mass is 19.1. The van der Waals surface area contributed by atoms with Crippen molar-refractivity contribution in [1.29, 1.82) is 0 Å². The van der Waals surface area contributed by atoms with Crippen LogP contribution in [0.2, 0.25) is 0 Å². The SMILES string of the molecule is CCCCCN(c1ccc(F)cc1C(C)=O)C(C)C. The normalized spacial score (nSPS) is 10.8. The molecule has 1 aromatic rings. The largest absolute Gasteiger partial charge is 0.369 e. The fraction of sp³-hybridized carbons (Fsp3) is 0.562. The van der Waals surface area contributed by atoms with Crippen LogP contribution in [0.5, 0.6) is 0 Å². The first kappa shape index (κ1) is 15.7. The summed E-state index contributed by atoms with van der Waals surface area (Å²) in [4.78, 5) is 13.9. The molecular weight excluding hydrogens is 241 g/mol. The number of ketones is 1. The number of anilines is 1. The van der Waals surface area contributed by atoms with Crippen molar-refractivity contribution < 1.29 is 9.18 Å². The Hall–Kier alpha value is -1.38. The minimum Gasteiger partial charge on any atom is -0.369 e. The average molecular weight is 265 g/mol. The van der Waals surface area contributed by atoms with Crippen molar-refractivity contribution in [1.82, 2.24) is 0 Å². The third kappa shape index (κ3) is 4.34. The number of unbranched alkanes of at least 4 members (excludes halogenated alkanes) is 2. The Bertz CT molecular complexity index is 429. The van der Waals surface area contributed by atoms with E-state index in [1.165, 1.54) is 25.5 Å². The Balaban J connectivity index is 3.04. The Morgan fingerprint density at radius 1 is 1.32 bits per heavy atom. The van der Waals surface area contributed by atoms with E-state index in [1.54, 1.807) is 6.07 Å². The Labute approximate surface area is 115 Å². The van der Waals surface area contributed by atoms with Crippen molar-refractivity contribution in [3.05, 3.63) is 29.6 Å². The average Bonchev–Trinajstić information content (AvgIpc) is 2.35. The number of rotatable bonds is 7. The molecule has 0 heterocycles. The van der Waals surface area contributed by atoms with Gasteiger partial charge in [-0.05, 0) is 45.4 Å². The lowest BCUT2D eigenvalue weighted by molar-refractivity contribution is 0.101. The van der Waals surface area contributed by atoms with Crippen molar-refractivity contribution in [3.63, 3.8) is 0 Å². The molecule has 3 heteroatoms. The van der Waals surface area contributed by atoms with E-state index in [2.05, 4.69) is 25.7 Å². The van der Waals surface area contributed by atoms with Gasteiger partial charge in [-0.15, -0.1) is 0 Å². The van der Waals surface area contributed by atoms with Crippen molar-refractivity contribution in [2.45, 2.75) is 53.0 Å². The second kappa shape index (κ2) is 7.27. The second-order valence-corrected chi connectivity index (χ2v) is 5.21. The fourth-order valence-corrected chi connectivity index (χ4v) is 2.23. The Morgan fingerprint density at radius 2 is 2.00 bits per heavy atom. The molecule has 0 spiro atoms. The smallest absolute Gasteiger partial charge is 0.161 e. The van der Waals surface area contributed by atoms with Gasteiger partial charge in [0.2, 0.25) is 0 Å². The molecule has 0 aliphatic rings. The van der Waals surface area contributed by atoms with E-state index in [-0.39, 0.29) is 11.6 Å². The predicted octanol–water partition coefficient (Wildman–Crippen LogP) is 4.43. The molecule has 0 N–H and O–H groups in total. The van der Waals surface area contributed by atoms with Gasteiger partial charge >= 0.3 is 0 Å². The van der Waals surface area contributed by atoms with Gasteiger partial charge in [0.15, 0.2) is 5.78 Å². The molecule has 19 heavy (non-hydrogen) atoms. The molecule has 2 nitrogen and oxygen atoms in total. The number of hydrogen-bond acceptors (Lipinski definition) is 2. The zero-order valence-corrected chi connectivity index (χ0v) is 12.4. The minimum absolute atomic E-state index is 0.0874. The van der Waals surface area contributed by atoms with Crippen molar-refractivity contribution in [3.8, 4) is 0 Å². The molecule has 1 rings (SSSR count). The van der Waals surface area contributed by atoms with Crippen LogP contribution >= 0.6 is 0 Å². The summed E-state index contributed by atoms with van der Waals surface area (Å²) in [6, 6.07) is 4.78. The number of hydrogen-bond donors (Lipinski definition) is 0. The minimum atomic E-state index is -0.355. The molecule has 0 saturated carbocycles. The van der Waals surface area contributed by atoms with Crippen LogP contribution in [0, 0.1) is 5.82 Å². The van der Waals surface area contributed by atoms with Gasteiger partial charge in [0.1, 0.15) is 5.82 Å². The monoisotopic (exact) mass is 265 g/mol. The maximum Gasteiger partial charge on any atom is 0.161 e. The molecule has 0 unspecified atom stereocenters. The standard InChI is InChI=1S/C16H24FNO/c1-5-6-7-10-18(12(2)3)16-9-8-14(17)11-15(16)13(4)19/h8-9,11-12H,5-7,10H2,1-4H3. The lowest BCUT2D eigenvalue weighted by atomic mass is 10.1. The maximum atomic E-state index is 13.3. The lowest BCUT2D eigenvalue weighted by Gasteiger charge is -2.30. The molecule has 0 amide bonds. The van der Waals surface area contributed by atoms with Gasteiger partial charge in [0.05, 0.1) is 0 Å². The Kier molecular flexibility index (Phi) is 6.00. The van der Waals surface area contributed by atoms with Gasteiger partial charge in [-0.25, -0.2) is 4.39 Å². The number of benzene rings is 1. The Morgan fingerprint density at radius 3 is 2.53 bits per heavy atom. The zero-order valence-electron chi connectivity index (χ0n) is 12.4. The van der Waals surface area contributed by atoms with Gasteiger partial charge in [-0.1, -0.05) is 19.8 Å². The van der Waals surface area contributed by atoms with Crippen molar-refractivity contribution >= 4 is 11.5 Å². The van der Waals surface area contributed by atoms with E-state index in [4.69, 9.17) is 0 Å². The molecule has 0 saturated heterocycles. The number of nitrogens with zero attached hydrogens (tertiary/aromatic N) is 1. The molecule has 0 fully saturated rings. The molecule has 0 aromatic heterocycles. The predicted molar refractivity (Wildman–Crippen MR) is 78.4 cm³/mol. The topological polar surface area (TPSA) is 20.3 Å². The van der Waals surface area contributed by atoms with Crippen LogP contribution in [0.15, 0.2) is 18.2 Å². The van der Waals surface area contributed by atoms with E-state index in [9.17, 15) is 9.18 Å². The van der Waals surface area contributed by atoms with Crippen LogP contribution in [0.1, 0.15) is 57.3 Å². The van der Waals surface area contributed by atoms with E-state index < -0.39 is 0 Å². The highest BCUT2D eigenvalue weighted by molar-refractivity contribution is 5.99. The van der Waals surface area contributed by atoms with E-state index in [0.717, 1.165) is 25.1 Å². The van der Waals surface area contributed by atoms with E-state index in [0.29, 0.717) is 11.6 Å². The van der Waals surface area contributed by atoms with E-state index >= 15 is 0 Å². The number of carbonyl (C=O) groups excluding carboxylic acids is 1. The first-order chi connectivity index (χ1) is 8.97. The molecule has 0 aliphatic carbocycles. The third-order valence-electron chi connectivity index (χ3n) is 3.27. The van der Waals surface area contributed by atoms with Gasteiger partial charge in [0.25, 0.3) is 0 Å². The number of halogens is 1.